The number of amides is 6. The van der Waals surface area contributed by atoms with Gasteiger partial charge in [0.25, 0.3) is 5.91 Å². The molecule has 0 aromatic heterocycles. The highest BCUT2D eigenvalue weighted by atomic mass is 16.6. The van der Waals surface area contributed by atoms with Crippen LogP contribution in [0.3, 0.4) is 0 Å². The number of esters is 2. The van der Waals surface area contributed by atoms with Gasteiger partial charge < -0.3 is 50.0 Å². The minimum absolute atomic E-state index is 0.0564. The highest BCUT2D eigenvalue weighted by Crippen LogP contribution is 2.26. The smallest absolute Gasteiger partial charge is 0.329 e. The molecule has 0 aliphatic carbocycles. The fraction of sp³-hybridized carbons (Fsp3) is 0.720. The zero-order valence-electron chi connectivity index (χ0n) is 42.8. The summed E-state index contributed by atoms with van der Waals surface area (Å²) in [4.78, 5) is 118. The summed E-state index contributed by atoms with van der Waals surface area (Å²) < 4.78 is 17.2. The molecule has 0 radical (unpaired) electrons. The number of carbonyl (C=O) groups excluding carboxylic acids is 8. The molecule has 4 N–H and O–H groups in total. The Morgan fingerprint density at radius 2 is 1.54 bits per heavy atom. The molecule has 1 aromatic carbocycles. The fourth-order valence-corrected chi connectivity index (χ4v) is 8.72. The van der Waals surface area contributed by atoms with Gasteiger partial charge in [-0.2, -0.15) is 0 Å². The third-order valence-electron chi connectivity index (χ3n) is 13.0. The first kappa shape index (κ1) is 57.1. The molecule has 2 fully saturated rings. The van der Waals surface area contributed by atoms with Crippen LogP contribution in [0, 0.1) is 29.6 Å². The molecule has 68 heavy (non-hydrogen) atoms. The van der Waals surface area contributed by atoms with Crippen LogP contribution >= 0.6 is 0 Å². The van der Waals surface area contributed by atoms with Crippen molar-refractivity contribution in [2.24, 2.45) is 29.6 Å². The molecule has 18 heteroatoms. The largest absolute Gasteiger partial charge is 0.497 e. The monoisotopic (exact) mass is 957 g/mol. The van der Waals surface area contributed by atoms with Crippen molar-refractivity contribution < 1.29 is 57.7 Å². The highest BCUT2D eigenvalue weighted by Gasteiger charge is 2.44. The zero-order chi connectivity index (χ0) is 51.3. The Bertz CT molecular complexity index is 1910. The van der Waals surface area contributed by atoms with Crippen molar-refractivity contribution >= 4 is 47.4 Å². The van der Waals surface area contributed by atoms with Gasteiger partial charge in [0.2, 0.25) is 29.5 Å². The number of rotatable bonds is 14. The van der Waals surface area contributed by atoms with Gasteiger partial charge in [0, 0.05) is 33.0 Å². The third kappa shape index (κ3) is 15.4. The second-order valence-electron chi connectivity index (χ2n) is 20.1. The van der Waals surface area contributed by atoms with E-state index in [-0.39, 0.29) is 50.0 Å². The van der Waals surface area contributed by atoms with Crippen LogP contribution in [-0.2, 0) is 54.3 Å². The Morgan fingerprint density at radius 1 is 0.912 bits per heavy atom. The summed E-state index contributed by atoms with van der Waals surface area (Å²) in [5.41, 5.74) is 0.628. The first-order valence-electron chi connectivity index (χ1n) is 24.3. The molecule has 2 aliphatic heterocycles. The SMILES string of the molecule is CC[C@H](C)[C@H]1NC(=O)[C@@H](NC(=O)[C@@H](CC(C)C)N(C)C(=O)C(C)C)[C@@H](C)OC(=O)[C@H](Cc2ccc(OC)cc2)N(C)C(=O)[C@@H]2CCCN2C(=O)[C@H](CC(C)C)NC(=O)[C@H](C(C)C)OC(=O)C[C@@H]1O. The number of ether oxygens (including phenoxy) is 3. The van der Waals surface area contributed by atoms with Crippen LogP contribution in [0.2, 0.25) is 0 Å². The van der Waals surface area contributed by atoms with E-state index in [2.05, 4.69) is 16.0 Å². The average molecular weight is 957 g/mol. The number of likely N-dealkylation sites (N-methyl/N-ethyl adjacent to an activating group) is 2. The predicted molar refractivity (Wildman–Crippen MR) is 254 cm³/mol. The van der Waals surface area contributed by atoms with Gasteiger partial charge in [-0.1, -0.05) is 87.8 Å². The van der Waals surface area contributed by atoms with Gasteiger partial charge in [0.15, 0.2) is 6.10 Å². The summed E-state index contributed by atoms with van der Waals surface area (Å²) in [5, 5.41) is 20.1. The molecule has 2 heterocycles. The van der Waals surface area contributed by atoms with Crippen molar-refractivity contribution in [2.75, 3.05) is 27.7 Å². The number of fused-ring (bicyclic) bond motifs is 1. The lowest BCUT2D eigenvalue weighted by molar-refractivity contribution is -0.162. The zero-order valence-corrected chi connectivity index (χ0v) is 42.8. The summed E-state index contributed by atoms with van der Waals surface area (Å²) in [7, 11) is 4.47. The molecular formula is C50H80N6O12. The van der Waals surface area contributed by atoms with Crippen molar-refractivity contribution in [1.82, 2.24) is 30.7 Å². The molecule has 2 saturated heterocycles. The minimum atomic E-state index is -1.62. The topological polar surface area (TPSA) is 230 Å². The molecule has 0 saturated carbocycles. The lowest BCUT2D eigenvalue weighted by Crippen LogP contribution is -2.61. The Balaban J connectivity index is 2.26. The number of aliphatic hydroxyl groups excluding tert-OH is 1. The lowest BCUT2D eigenvalue weighted by atomic mass is 9.92. The Hall–Kier alpha value is -5.26. The first-order chi connectivity index (χ1) is 31.8. The third-order valence-corrected chi connectivity index (χ3v) is 13.0. The number of hydrogen-bond donors (Lipinski definition) is 4. The maximum absolute atomic E-state index is 14.7. The van der Waals surface area contributed by atoms with Gasteiger partial charge in [-0.15, -0.1) is 0 Å². The number of carbonyl (C=O) groups is 8. The number of methoxy groups -OCH3 is 1. The molecule has 3 rings (SSSR count). The quantitative estimate of drug-likeness (QED) is 0.197. The van der Waals surface area contributed by atoms with Gasteiger partial charge in [-0.05, 0) is 74.0 Å². The number of benzene rings is 1. The van der Waals surface area contributed by atoms with Gasteiger partial charge in [0.1, 0.15) is 42.1 Å². The van der Waals surface area contributed by atoms with Crippen LogP contribution in [0.25, 0.3) is 0 Å². The average Bonchev–Trinajstić information content (AvgIpc) is 3.77. The van der Waals surface area contributed by atoms with Crippen LogP contribution in [0.5, 0.6) is 5.75 Å². The molecule has 18 nitrogen and oxygen atoms in total. The second-order valence-corrected chi connectivity index (χ2v) is 20.1. The summed E-state index contributed by atoms with van der Waals surface area (Å²) >= 11 is 0. The van der Waals surface area contributed by atoms with Crippen molar-refractivity contribution in [2.45, 2.75) is 176 Å². The fourth-order valence-electron chi connectivity index (χ4n) is 8.72. The van der Waals surface area contributed by atoms with E-state index in [1.165, 1.54) is 42.8 Å². The van der Waals surface area contributed by atoms with Crippen molar-refractivity contribution in [3.63, 3.8) is 0 Å². The molecule has 0 spiro atoms. The summed E-state index contributed by atoms with van der Waals surface area (Å²) in [5.74, 6) is -6.60. The normalized spacial score (nSPS) is 26.1. The van der Waals surface area contributed by atoms with Crippen molar-refractivity contribution in [1.29, 1.82) is 0 Å². The first-order valence-corrected chi connectivity index (χ1v) is 24.3. The van der Waals surface area contributed by atoms with E-state index in [1.54, 1.807) is 58.9 Å². The molecule has 10 atom stereocenters. The predicted octanol–water partition coefficient (Wildman–Crippen LogP) is 3.40. The number of aliphatic hydroxyl groups is 1. The van der Waals surface area contributed by atoms with E-state index in [4.69, 9.17) is 14.2 Å². The maximum Gasteiger partial charge on any atom is 0.329 e. The van der Waals surface area contributed by atoms with Crippen LogP contribution < -0.4 is 20.7 Å². The van der Waals surface area contributed by atoms with Crippen LogP contribution in [0.4, 0.5) is 0 Å². The summed E-state index contributed by atoms with van der Waals surface area (Å²) in [6, 6.07) is -0.333. The highest BCUT2D eigenvalue weighted by molar-refractivity contribution is 5.96. The van der Waals surface area contributed by atoms with Crippen LogP contribution in [0.1, 0.15) is 120 Å². The number of nitrogens with one attached hydrogen (secondary N) is 3. The molecule has 382 valence electrons. The van der Waals surface area contributed by atoms with Gasteiger partial charge >= 0.3 is 11.9 Å². The summed E-state index contributed by atoms with van der Waals surface area (Å²) in [6.07, 6.45) is -3.46. The van der Waals surface area contributed by atoms with E-state index < -0.39 is 120 Å². The van der Waals surface area contributed by atoms with Gasteiger partial charge in [0.05, 0.1) is 25.7 Å². The van der Waals surface area contributed by atoms with E-state index in [1.807, 2.05) is 34.6 Å². The van der Waals surface area contributed by atoms with Gasteiger partial charge in [-0.3, -0.25) is 33.6 Å². The van der Waals surface area contributed by atoms with Crippen LogP contribution in [0.15, 0.2) is 24.3 Å². The lowest BCUT2D eigenvalue weighted by Gasteiger charge is -2.36. The molecule has 0 bridgehead atoms. The van der Waals surface area contributed by atoms with E-state index in [0.717, 1.165) is 0 Å². The van der Waals surface area contributed by atoms with E-state index >= 15 is 0 Å². The molecule has 6 amide bonds. The maximum atomic E-state index is 14.7. The molecular weight excluding hydrogens is 877 g/mol. The number of nitrogens with zero attached hydrogens (tertiary/aromatic N) is 3. The Morgan fingerprint density at radius 3 is 2.09 bits per heavy atom. The van der Waals surface area contributed by atoms with Crippen molar-refractivity contribution in [3.05, 3.63) is 29.8 Å². The van der Waals surface area contributed by atoms with E-state index in [9.17, 15) is 43.5 Å². The standard InChI is InChI=1S/C50H80N6O12/c1-15-31(10)41-39(57)26-40(58)68-43(29(6)7)46(61)51-35(23-27(2)3)48(63)56-22-16-17-36(56)49(64)55(13)38(25-33-18-20-34(66-14)21-19-33)50(65)67-32(11)42(45(60)52-41)53-44(59)37(24-28(4)5)54(12)47(62)30(8)9/h18-21,27-32,35-39,41-43,57H,15-17,22-26H2,1-14H3,(H,51,61)(H,52,60)(H,53,59)/t31-,32+,35-,36-,37+,38-,39-,41+,42-,43-/m0/s1. The van der Waals surface area contributed by atoms with Gasteiger partial charge in [-0.25, -0.2) is 4.79 Å². The minimum Gasteiger partial charge on any atom is -0.497 e. The second kappa shape index (κ2) is 25.9. The Labute approximate surface area is 403 Å². The number of cyclic esters (lactones) is 2. The molecule has 1 aromatic rings. The van der Waals surface area contributed by atoms with E-state index in [0.29, 0.717) is 24.2 Å². The van der Waals surface area contributed by atoms with Crippen LogP contribution in [-0.4, -0.2) is 150 Å². The summed E-state index contributed by atoms with van der Waals surface area (Å²) in [6.45, 7) is 19.5. The molecule has 2 aliphatic rings. The van der Waals surface area contributed by atoms with Crippen molar-refractivity contribution in [3.8, 4) is 5.75 Å². The molecule has 0 unspecified atom stereocenters. The number of hydrogen-bond acceptors (Lipinski definition) is 12. The Kier molecular flexibility index (Phi) is 21.8.